The lowest BCUT2D eigenvalue weighted by Crippen LogP contribution is -2.83. The summed E-state index contributed by atoms with van der Waals surface area (Å²) in [5, 5.41) is 2.99. The normalized spacial score (nSPS) is 26.1. The van der Waals surface area contributed by atoms with Crippen molar-refractivity contribution in [2.45, 2.75) is 37.8 Å². The highest BCUT2D eigenvalue weighted by atomic mass is 16.5. The molecule has 0 unspecified atom stereocenters. The zero-order valence-electron chi connectivity index (χ0n) is 17.6. The van der Waals surface area contributed by atoms with Crippen molar-refractivity contribution in [1.82, 2.24) is 0 Å². The van der Waals surface area contributed by atoms with Gasteiger partial charge in [-0.25, -0.2) is 4.79 Å². The quantitative estimate of drug-likeness (QED) is 0.612. The van der Waals surface area contributed by atoms with Crippen LogP contribution in [-0.2, 0) is 4.79 Å². The number of hydrogen-bond donors (Lipinski definition) is 1. The van der Waals surface area contributed by atoms with Gasteiger partial charge in [0.15, 0.2) is 11.4 Å². The Balaban J connectivity index is 1.43. The highest BCUT2D eigenvalue weighted by Gasteiger charge is 2.43. The predicted octanol–water partition coefficient (Wildman–Crippen LogP) is 2.65. The van der Waals surface area contributed by atoms with Crippen LogP contribution in [0.25, 0.3) is 11.0 Å². The highest BCUT2D eigenvalue weighted by molar-refractivity contribution is 6.09. The van der Waals surface area contributed by atoms with Gasteiger partial charge in [-0.15, -0.1) is 0 Å². The van der Waals surface area contributed by atoms with E-state index in [1.807, 2.05) is 12.1 Å². The van der Waals surface area contributed by atoms with Crippen molar-refractivity contribution >= 4 is 23.0 Å². The van der Waals surface area contributed by atoms with Gasteiger partial charge in [-0.2, -0.15) is 0 Å². The van der Waals surface area contributed by atoms with Crippen molar-refractivity contribution in [3.05, 3.63) is 76.3 Å². The number of carbonyl (C=O) groups excluding carboxylic acids is 1. The Morgan fingerprint density at radius 2 is 1.94 bits per heavy atom. The van der Waals surface area contributed by atoms with Gasteiger partial charge in [0, 0.05) is 24.2 Å². The molecule has 3 atom stereocenters. The molecular weight excluding hydrogens is 392 g/mol. The highest BCUT2D eigenvalue weighted by Crippen LogP contribution is 2.41. The van der Waals surface area contributed by atoms with E-state index in [0.717, 1.165) is 11.8 Å². The Bertz CT molecular complexity index is 1230. The molecule has 0 saturated carbocycles. The fourth-order valence-corrected chi connectivity index (χ4v) is 4.64. The molecule has 1 aromatic carbocycles. The SMILES string of the molecule is CC1(C)Oc2ccc3ccc(=O)oc3c2[C@H](C=NCCC2=C[NH2+][C@H]3C=CC=C[C@@H]23)C1=O. The molecule has 0 saturated heterocycles. The molecule has 3 heterocycles. The van der Waals surface area contributed by atoms with Gasteiger partial charge in [0.05, 0.1) is 23.6 Å². The molecule has 2 aliphatic heterocycles. The molecule has 2 N–H and O–H groups in total. The van der Waals surface area contributed by atoms with Crippen LogP contribution in [0.4, 0.5) is 0 Å². The molecule has 0 radical (unpaired) electrons. The van der Waals surface area contributed by atoms with Crippen molar-refractivity contribution in [1.29, 1.82) is 0 Å². The smallest absolute Gasteiger partial charge is 0.336 e. The van der Waals surface area contributed by atoms with Crippen molar-refractivity contribution in [3.8, 4) is 5.75 Å². The maximum atomic E-state index is 13.2. The number of benzene rings is 1. The van der Waals surface area contributed by atoms with Gasteiger partial charge >= 0.3 is 5.63 Å². The molecule has 6 nitrogen and oxygen atoms in total. The number of Topliss-reactive ketones (excluding diaryl/α,β-unsaturated/α-hetero) is 1. The third kappa shape index (κ3) is 3.47. The fourth-order valence-electron chi connectivity index (χ4n) is 4.64. The molecular formula is C25H25N2O4+. The van der Waals surface area contributed by atoms with E-state index in [4.69, 9.17) is 9.15 Å². The molecule has 1 aromatic heterocycles. The number of allylic oxidation sites excluding steroid dienone is 2. The summed E-state index contributed by atoms with van der Waals surface area (Å²) in [4.78, 5) is 29.7. The van der Waals surface area contributed by atoms with E-state index in [1.54, 1.807) is 26.1 Å². The minimum atomic E-state index is -0.984. The van der Waals surface area contributed by atoms with E-state index < -0.39 is 17.1 Å². The molecule has 0 spiro atoms. The molecule has 0 fully saturated rings. The fraction of sp³-hybridized carbons (Fsp3) is 0.320. The van der Waals surface area contributed by atoms with Crippen LogP contribution < -0.4 is 15.7 Å². The summed E-state index contributed by atoms with van der Waals surface area (Å²) >= 11 is 0. The summed E-state index contributed by atoms with van der Waals surface area (Å²) in [7, 11) is 0. The van der Waals surface area contributed by atoms with Crippen LogP contribution in [0.1, 0.15) is 31.7 Å². The number of nitrogens with two attached hydrogens (primary N) is 1. The first-order chi connectivity index (χ1) is 14.9. The monoisotopic (exact) mass is 417 g/mol. The van der Waals surface area contributed by atoms with Crippen LogP contribution in [0.2, 0.25) is 0 Å². The average molecular weight is 417 g/mol. The van der Waals surface area contributed by atoms with Crippen LogP contribution in [0, 0.1) is 5.92 Å². The Morgan fingerprint density at radius 3 is 2.81 bits per heavy atom. The van der Waals surface area contributed by atoms with Gasteiger partial charge in [0.1, 0.15) is 17.4 Å². The standard InChI is InChI=1S/C25H24N2O4/c1-25(2)24(29)18(14-26-12-11-16-13-27-19-6-4-3-5-17(16)19)22-20(31-25)9-7-15-8-10-21(28)30-23(15)22/h3-10,13-14,17-19,27H,11-12H2,1-2H3/p+1/t17-,18-,19-/m0/s1. The van der Waals surface area contributed by atoms with Crippen molar-refractivity contribution in [3.63, 3.8) is 0 Å². The van der Waals surface area contributed by atoms with Crippen molar-refractivity contribution in [2.24, 2.45) is 10.9 Å². The van der Waals surface area contributed by atoms with Gasteiger partial charge in [-0.05, 0) is 50.1 Å². The first-order valence-corrected chi connectivity index (χ1v) is 10.6. The molecule has 158 valence electrons. The van der Waals surface area contributed by atoms with E-state index in [0.29, 0.717) is 35.4 Å². The molecule has 1 aliphatic carbocycles. The number of ether oxygens (including phenoxy) is 1. The molecule has 0 amide bonds. The van der Waals surface area contributed by atoms with Gasteiger partial charge in [0.2, 0.25) is 0 Å². The van der Waals surface area contributed by atoms with E-state index in [-0.39, 0.29) is 5.78 Å². The summed E-state index contributed by atoms with van der Waals surface area (Å²) in [6, 6.07) is 7.19. The lowest BCUT2D eigenvalue weighted by Gasteiger charge is -2.34. The number of ketones is 1. The largest absolute Gasteiger partial charge is 0.480 e. The second-order valence-corrected chi connectivity index (χ2v) is 8.72. The third-order valence-corrected chi connectivity index (χ3v) is 6.26. The summed E-state index contributed by atoms with van der Waals surface area (Å²) in [6.45, 7) is 4.11. The van der Waals surface area contributed by atoms with E-state index in [2.05, 4.69) is 40.8 Å². The van der Waals surface area contributed by atoms with E-state index in [1.165, 1.54) is 11.6 Å². The van der Waals surface area contributed by atoms with Crippen molar-refractivity contribution in [2.75, 3.05) is 6.54 Å². The summed E-state index contributed by atoms with van der Waals surface area (Å²) in [5.74, 6) is 0.250. The average Bonchev–Trinajstić information content (AvgIpc) is 3.16. The summed E-state index contributed by atoms with van der Waals surface area (Å²) in [6.07, 6.45) is 13.4. The number of nitrogens with zero attached hydrogens (tertiary/aromatic N) is 1. The first kappa shape index (κ1) is 19.7. The Labute approximate surface area is 180 Å². The number of aliphatic imine (C=N–C) groups is 1. The molecule has 6 heteroatoms. The Hall–Kier alpha value is -3.25. The maximum absolute atomic E-state index is 13.2. The Kier molecular flexibility index (Phi) is 4.74. The minimum absolute atomic E-state index is 0.100. The van der Waals surface area contributed by atoms with Gasteiger partial charge in [-0.1, -0.05) is 18.2 Å². The van der Waals surface area contributed by atoms with Crippen LogP contribution in [0.15, 0.2) is 74.5 Å². The second-order valence-electron chi connectivity index (χ2n) is 8.72. The van der Waals surface area contributed by atoms with Crippen molar-refractivity contribution < 1.29 is 19.3 Å². The number of carbonyl (C=O) groups is 1. The maximum Gasteiger partial charge on any atom is 0.336 e. The number of fused-ring (bicyclic) bond motifs is 4. The second kappa shape index (κ2) is 7.46. The summed E-state index contributed by atoms with van der Waals surface area (Å²) in [5.41, 5.74) is 0.889. The molecule has 0 bridgehead atoms. The molecule has 31 heavy (non-hydrogen) atoms. The van der Waals surface area contributed by atoms with Gasteiger partial charge in [-0.3, -0.25) is 9.79 Å². The summed E-state index contributed by atoms with van der Waals surface area (Å²) < 4.78 is 11.4. The first-order valence-electron chi connectivity index (χ1n) is 10.6. The number of rotatable bonds is 4. The number of quaternary nitrogens is 1. The zero-order valence-corrected chi connectivity index (χ0v) is 17.6. The van der Waals surface area contributed by atoms with Crippen LogP contribution in [0.5, 0.6) is 5.75 Å². The third-order valence-electron chi connectivity index (χ3n) is 6.26. The lowest BCUT2D eigenvalue weighted by atomic mass is 9.83. The van der Waals surface area contributed by atoms with Crippen LogP contribution >= 0.6 is 0 Å². The molecule has 5 rings (SSSR count). The predicted molar refractivity (Wildman–Crippen MR) is 118 cm³/mol. The van der Waals surface area contributed by atoms with E-state index >= 15 is 0 Å². The van der Waals surface area contributed by atoms with Crippen LogP contribution in [0.3, 0.4) is 0 Å². The van der Waals surface area contributed by atoms with Gasteiger partial charge in [0.25, 0.3) is 0 Å². The van der Waals surface area contributed by atoms with E-state index in [9.17, 15) is 9.59 Å². The topological polar surface area (TPSA) is 85.5 Å². The minimum Gasteiger partial charge on any atom is -0.480 e. The molecule has 3 aliphatic rings. The lowest BCUT2D eigenvalue weighted by molar-refractivity contribution is -0.609. The van der Waals surface area contributed by atoms with Gasteiger partial charge < -0.3 is 14.5 Å². The van der Waals surface area contributed by atoms with Crippen LogP contribution in [-0.4, -0.2) is 30.2 Å². The molecule has 2 aromatic rings. The number of hydrogen-bond acceptors (Lipinski definition) is 5. The zero-order chi connectivity index (χ0) is 21.6. The Morgan fingerprint density at radius 1 is 1.13 bits per heavy atom.